The van der Waals surface area contributed by atoms with E-state index in [9.17, 15) is 9.50 Å². The summed E-state index contributed by atoms with van der Waals surface area (Å²) in [6.07, 6.45) is 0.427. The summed E-state index contributed by atoms with van der Waals surface area (Å²) in [7, 11) is 1.62. The van der Waals surface area contributed by atoms with Crippen LogP contribution in [0.25, 0.3) is 0 Å². The molecule has 2 aromatic carbocycles. The minimum Gasteiger partial charge on any atom is -0.497 e. The molecule has 20 heavy (non-hydrogen) atoms. The highest BCUT2D eigenvalue weighted by Gasteiger charge is 2.10. The standard InChI is InChI=1S/C17H19FO2/c1-12-6-7-15(18)10-14(12)11-16(19)8-13-4-3-5-17(9-13)20-2/h3-7,9-10,16,19H,8,11H2,1-2H3. The molecule has 2 aromatic rings. The van der Waals surface area contributed by atoms with Crippen LogP contribution in [-0.4, -0.2) is 18.3 Å². The zero-order chi connectivity index (χ0) is 14.5. The maximum atomic E-state index is 13.2. The molecule has 0 aliphatic rings. The molecule has 0 bridgehead atoms. The smallest absolute Gasteiger partial charge is 0.123 e. The van der Waals surface area contributed by atoms with Crippen molar-refractivity contribution in [2.75, 3.05) is 7.11 Å². The first kappa shape index (κ1) is 14.5. The fourth-order valence-corrected chi connectivity index (χ4v) is 2.26. The van der Waals surface area contributed by atoms with E-state index in [0.29, 0.717) is 12.8 Å². The van der Waals surface area contributed by atoms with E-state index in [1.54, 1.807) is 13.2 Å². The number of hydrogen-bond donors (Lipinski definition) is 1. The van der Waals surface area contributed by atoms with E-state index >= 15 is 0 Å². The van der Waals surface area contributed by atoms with E-state index in [2.05, 4.69) is 0 Å². The molecule has 0 saturated heterocycles. The van der Waals surface area contributed by atoms with Crippen LogP contribution in [0.4, 0.5) is 4.39 Å². The molecule has 0 amide bonds. The van der Waals surface area contributed by atoms with Crippen molar-refractivity contribution >= 4 is 0 Å². The lowest BCUT2D eigenvalue weighted by Crippen LogP contribution is -2.14. The van der Waals surface area contributed by atoms with Crippen molar-refractivity contribution in [3.8, 4) is 5.75 Å². The van der Waals surface area contributed by atoms with Crippen molar-refractivity contribution in [1.29, 1.82) is 0 Å². The van der Waals surface area contributed by atoms with Crippen molar-refractivity contribution in [2.24, 2.45) is 0 Å². The summed E-state index contributed by atoms with van der Waals surface area (Å²) in [6.45, 7) is 1.92. The summed E-state index contributed by atoms with van der Waals surface area (Å²) in [5.41, 5.74) is 2.85. The van der Waals surface area contributed by atoms with Gasteiger partial charge in [0, 0.05) is 0 Å². The average molecular weight is 274 g/mol. The molecule has 1 unspecified atom stereocenters. The molecule has 1 atom stereocenters. The molecule has 0 aliphatic carbocycles. The second kappa shape index (κ2) is 6.53. The number of halogens is 1. The Balaban J connectivity index is 2.04. The van der Waals surface area contributed by atoms with Gasteiger partial charge in [-0.15, -0.1) is 0 Å². The average Bonchev–Trinajstić information content (AvgIpc) is 2.43. The van der Waals surface area contributed by atoms with E-state index in [1.807, 2.05) is 31.2 Å². The monoisotopic (exact) mass is 274 g/mol. The minimum atomic E-state index is -0.539. The first-order valence-electron chi connectivity index (χ1n) is 6.64. The van der Waals surface area contributed by atoms with Gasteiger partial charge in [0.1, 0.15) is 11.6 Å². The van der Waals surface area contributed by atoms with Gasteiger partial charge >= 0.3 is 0 Å². The van der Waals surface area contributed by atoms with Gasteiger partial charge < -0.3 is 9.84 Å². The van der Waals surface area contributed by atoms with E-state index < -0.39 is 6.10 Å². The van der Waals surface area contributed by atoms with Crippen molar-refractivity contribution in [3.05, 3.63) is 65.0 Å². The highest BCUT2D eigenvalue weighted by atomic mass is 19.1. The highest BCUT2D eigenvalue weighted by molar-refractivity contribution is 5.30. The fraction of sp³-hybridized carbons (Fsp3) is 0.294. The van der Waals surface area contributed by atoms with E-state index in [1.165, 1.54) is 12.1 Å². The molecular weight excluding hydrogens is 255 g/mol. The number of aliphatic hydroxyl groups is 1. The Kier molecular flexibility index (Phi) is 4.74. The van der Waals surface area contributed by atoms with Gasteiger partial charge in [0.2, 0.25) is 0 Å². The Morgan fingerprint density at radius 1 is 1.15 bits per heavy atom. The van der Waals surface area contributed by atoms with Crippen molar-refractivity contribution in [1.82, 2.24) is 0 Å². The summed E-state index contributed by atoms with van der Waals surface area (Å²) in [5, 5.41) is 10.2. The minimum absolute atomic E-state index is 0.265. The van der Waals surface area contributed by atoms with Crippen LogP contribution in [0.15, 0.2) is 42.5 Å². The zero-order valence-electron chi connectivity index (χ0n) is 11.8. The maximum absolute atomic E-state index is 13.2. The molecule has 0 aliphatic heterocycles. The molecule has 1 N–H and O–H groups in total. The maximum Gasteiger partial charge on any atom is 0.123 e. The third-order valence-corrected chi connectivity index (χ3v) is 3.37. The van der Waals surface area contributed by atoms with Gasteiger partial charge in [0.25, 0.3) is 0 Å². The van der Waals surface area contributed by atoms with Crippen LogP contribution in [0.1, 0.15) is 16.7 Å². The largest absolute Gasteiger partial charge is 0.497 e. The van der Waals surface area contributed by atoms with Crippen LogP contribution < -0.4 is 4.74 Å². The third kappa shape index (κ3) is 3.81. The normalized spacial score (nSPS) is 12.2. The first-order valence-corrected chi connectivity index (χ1v) is 6.64. The predicted octanol–water partition coefficient (Wildman–Crippen LogP) is 3.29. The molecule has 106 valence electrons. The van der Waals surface area contributed by atoms with Crippen LogP contribution in [0.3, 0.4) is 0 Å². The lowest BCUT2D eigenvalue weighted by molar-refractivity contribution is 0.175. The van der Waals surface area contributed by atoms with E-state index in [4.69, 9.17) is 4.74 Å². The van der Waals surface area contributed by atoms with Crippen molar-refractivity contribution in [3.63, 3.8) is 0 Å². The molecular formula is C17H19FO2. The molecule has 0 saturated carbocycles. The second-order valence-corrected chi connectivity index (χ2v) is 4.98. The lowest BCUT2D eigenvalue weighted by Gasteiger charge is -2.13. The predicted molar refractivity (Wildman–Crippen MR) is 77.5 cm³/mol. The molecule has 2 rings (SSSR count). The summed E-state index contributed by atoms with van der Waals surface area (Å²) < 4.78 is 18.4. The lowest BCUT2D eigenvalue weighted by atomic mass is 9.98. The number of aliphatic hydroxyl groups excluding tert-OH is 1. The topological polar surface area (TPSA) is 29.5 Å². The van der Waals surface area contributed by atoms with Crippen molar-refractivity contribution < 1.29 is 14.2 Å². The number of methoxy groups -OCH3 is 1. The van der Waals surface area contributed by atoms with Gasteiger partial charge in [-0.2, -0.15) is 0 Å². The van der Waals surface area contributed by atoms with Crippen LogP contribution in [0.2, 0.25) is 0 Å². The molecule has 3 heteroatoms. The van der Waals surface area contributed by atoms with Gasteiger partial charge in [0.15, 0.2) is 0 Å². The van der Waals surface area contributed by atoms with Gasteiger partial charge in [-0.1, -0.05) is 18.2 Å². The first-order chi connectivity index (χ1) is 9.58. The SMILES string of the molecule is COc1cccc(CC(O)Cc2cc(F)ccc2C)c1. The number of ether oxygens (including phenoxy) is 1. The molecule has 0 heterocycles. The number of benzene rings is 2. The molecule has 2 nitrogen and oxygen atoms in total. The second-order valence-electron chi connectivity index (χ2n) is 4.98. The summed E-state index contributed by atoms with van der Waals surface area (Å²) in [6, 6.07) is 12.3. The number of hydrogen-bond acceptors (Lipinski definition) is 2. The Labute approximate surface area is 118 Å². The molecule has 0 fully saturated rings. The van der Waals surface area contributed by atoms with E-state index in [-0.39, 0.29) is 5.82 Å². The van der Waals surface area contributed by atoms with Gasteiger partial charge in [-0.05, 0) is 60.7 Å². The van der Waals surface area contributed by atoms with Crippen LogP contribution >= 0.6 is 0 Å². The molecule has 0 radical (unpaired) electrons. The summed E-state index contributed by atoms with van der Waals surface area (Å²) in [4.78, 5) is 0. The number of aryl methyl sites for hydroxylation is 1. The Bertz CT molecular complexity index is 581. The fourth-order valence-electron chi connectivity index (χ4n) is 2.26. The highest BCUT2D eigenvalue weighted by Crippen LogP contribution is 2.17. The Morgan fingerprint density at radius 3 is 2.70 bits per heavy atom. The van der Waals surface area contributed by atoms with Crippen LogP contribution in [0.5, 0.6) is 5.75 Å². The zero-order valence-corrected chi connectivity index (χ0v) is 11.8. The summed E-state index contributed by atoms with van der Waals surface area (Å²) >= 11 is 0. The van der Waals surface area contributed by atoms with Crippen LogP contribution in [-0.2, 0) is 12.8 Å². The Morgan fingerprint density at radius 2 is 1.95 bits per heavy atom. The Hall–Kier alpha value is -1.87. The number of rotatable bonds is 5. The van der Waals surface area contributed by atoms with Gasteiger partial charge in [-0.25, -0.2) is 4.39 Å². The van der Waals surface area contributed by atoms with Crippen LogP contribution in [0, 0.1) is 12.7 Å². The summed E-state index contributed by atoms with van der Waals surface area (Å²) in [5.74, 6) is 0.510. The molecule has 0 spiro atoms. The van der Waals surface area contributed by atoms with Gasteiger partial charge in [0.05, 0.1) is 13.2 Å². The quantitative estimate of drug-likeness (QED) is 0.906. The third-order valence-electron chi connectivity index (χ3n) is 3.37. The van der Waals surface area contributed by atoms with E-state index in [0.717, 1.165) is 22.4 Å². The molecule has 0 aromatic heterocycles. The van der Waals surface area contributed by atoms with Gasteiger partial charge in [-0.3, -0.25) is 0 Å². The van der Waals surface area contributed by atoms with Crippen molar-refractivity contribution in [2.45, 2.75) is 25.9 Å².